The Morgan fingerprint density at radius 1 is 1.35 bits per heavy atom. The molecule has 0 aromatic heterocycles. The first-order valence-electron chi connectivity index (χ1n) is 5.90. The average molecular weight is 287 g/mol. The first-order valence-corrected chi connectivity index (χ1v) is 5.90. The van der Waals surface area contributed by atoms with Gasteiger partial charge in [-0.2, -0.15) is 0 Å². The lowest BCUT2D eigenvalue weighted by Crippen LogP contribution is -2.44. The van der Waals surface area contributed by atoms with Crippen molar-refractivity contribution in [2.24, 2.45) is 0 Å². The molecule has 0 aliphatic carbocycles. The standard InChI is InChI=1S/C13H15F2NO4/c1-20-13(19)11(7-17)16-12(18)5-3-8-2-4-9(14)10(15)6-8/h2,4,6,11,17H,3,5,7H2,1H3,(H,16,18). The van der Waals surface area contributed by atoms with Gasteiger partial charge < -0.3 is 15.2 Å². The van der Waals surface area contributed by atoms with Crippen molar-refractivity contribution in [1.29, 1.82) is 0 Å². The summed E-state index contributed by atoms with van der Waals surface area (Å²) >= 11 is 0. The molecule has 1 amide bonds. The van der Waals surface area contributed by atoms with E-state index < -0.39 is 36.2 Å². The van der Waals surface area contributed by atoms with Crippen molar-refractivity contribution >= 4 is 11.9 Å². The smallest absolute Gasteiger partial charge is 0.330 e. The molecule has 1 unspecified atom stereocenters. The van der Waals surface area contributed by atoms with Crippen molar-refractivity contribution < 1.29 is 28.2 Å². The van der Waals surface area contributed by atoms with Crippen LogP contribution in [0.25, 0.3) is 0 Å². The fourth-order valence-corrected chi connectivity index (χ4v) is 1.54. The summed E-state index contributed by atoms with van der Waals surface area (Å²) in [6.07, 6.45) is 0.154. The van der Waals surface area contributed by atoms with Gasteiger partial charge in [-0.15, -0.1) is 0 Å². The molecular formula is C13H15F2NO4. The summed E-state index contributed by atoms with van der Waals surface area (Å²) in [5.74, 6) is -3.19. The van der Waals surface area contributed by atoms with Crippen LogP contribution in [-0.2, 0) is 20.7 Å². The summed E-state index contributed by atoms with van der Waals surface area (Å²) in [4.78, 5) is 22.7. The Bertz CT molecular complexity index is 493. The lowest BCUT2D eigenvalue weighted by Gasteiger charge is -2.13. The van der Waals surface area contributed by atoms with E-state index in [1.807, 2.05) is 0 Å². The molecule has 0 fully saturated rings. The normalized spacial score (nSPS) is 11.8. The summed E-state index contributed by atoms with van der Waals surface area (Å²) in [5, 5.41) is 11.2. The van der Waals surface area contributed by atoms with Crippen LogP contribution in [0.2, 0.25) is 0 Å². The molecule has 7 heteroatoms. The van der Waals surface area contributed by atoms with Crippen molar-refractivity contribution in [2.75, 3.05) is 13.7 Å². The minimum Gasteiger partial charge on any atom is -0.467 e. The summed E-state index contributed by atoms with van der Waals surface area (Å²) in [6, 6.07) is 2.23. The minimum atomic E-state index is -1.13. The highest BCUT2D eigenvalue weighted by Crippen LogP contribution is 2.10. The van der Waals surface area contributed by atoms with Gasteiger partial charge in [-0.3, -0.25) is 4.79 Å². The van der Waals surface area contributed by atoms with Gasteiger partial charge in [0, 0.05) is 6.42 Å². The maximum absolute atomic E-state index is 13.0. The van der Waals surface area contributed by atoms with Crippen LogP contribution < -0.4 is 5.32 Å². The van der Waals surface area contributed by atoms with Gasteiger partial charge in [-0.05, 0) is 24.1 Å². The van der Waals surface area contributed by atoms with Crippen LogP contribution in [0.5, 0.6) is 0 Å². The Kier molecular flexibility index (Phi) is 6.05. The molecule has 0 saturated carbocycles. The third-order valence-corrected chi connectivity index (χ3v) is 2.63. The number of hydrogen-bond donors (Lipinski definition) is 2. The quantitative estimate of drug-likeness (QED) is 0.749. The fourth-order valence-electron chi connectivity index (χ4n) is 1.54. The fraction of sp³-hybridized carbons (Fsp3) is 0.385. The second kappa shape index (κ2) is 7.54. The van der Waals surface area contributed by atoms with Crippen LogP contribution in [0.15, 0.2) is 18.2 Å². The van der Waals surface area contributed by atoms with Crippen LogP contribution in [0.4, 0.5) is 8.78 Å². The van der Waals surface area contributed by atoms with E-state index in [0.29, 0.717) is 5.56 Å². The number of ether oxygens (including phenoxy) is 1. The Morgan fingerprint density at radius 3 is 2.60 bits per heavy atom. The molecule has 1 rings (SSSR count). The molecule has 110 valence electrons. The molecule has 2 N–H and O–H groups in total. The monoisotopic (exact) mass is 287 g/mol. The maximum Gasteiger partial charge on any atom is 0.330 e. The summed E-state index contributed by atoms with van der Waals surface area (Å²) in [7, 11) is 1.14. The number of rotatable bonds is 6. The zero-order valence-corrected chi connectivity index (χ0v) is 10.9. The molecule has 0 radical (unpaired) electrons. The van der Waals surface area contributed by atoms with Crippen LogP contribution >= 0.6 is 0 Å². The van der Waals surface area contributed by atoms with E-state index >= 15 is 0 Å². The highest BCUT2D eigenvalue weighted by atomic mass is 19.2. The zero-order valence-electron chi connectivity index (χ0n) is 10.9. The van der Waals surface area contributed by atoms with Crippen LogP contribution in [-0.4, -0.2) is 36.7 Å². The van der Waals surface area contributed by atoms with Crippen molar-refractivity contribution in [2.45, 2.75) is 18.9 Å². The predicted octanol–water partition coefficient (Wildman–Crippen LogP) is 0.547. The number of hydrogen-bond acceptors (Lipinski definition) is 4. The first-order chi connectivity index (χ1) is 9.47. The number of aryl methyl sites for hydroxylation is 1. The molecule has 0 aliphatic heterocycles. The number of aliphatic hydroxyl groups is 1. The van der Waals surface area contributed by atoms with Gasteiger partial charge in [0.1, 0.15) is 0 Å². The Morgan fingerprint density at radius 2 is 2.05 bits per heavy atom. The van der Waals surface area contributed by atoms with Gasteiger partial charge in [0.05, 0.1) is 13.7 Å². The molecule has 1 atom stereocenters. The zero-order chi connectivity index (χ0) is 15.1. The Labute approximate surface area is 114 Å². The van der Waals surface area contributed by atoms with Gasteiger partial charge in [0.2, 0.25) is 5.91 Å². The van der Waals surface area contributed by atoms with E-state index in [-0.39, 0.29) is 12.8 Å². The lowest BCUT2D eigenvalue weighted by atomic mass is 10.1. The summed E-state index contributed by atoms with van der Waals surface area (Å²) in [5.41, 5.74) is 0.456. The van der Waals surface area contributed by atoms with Crippen molar-refractivity contribution in [3.63, 3.8) is 0 Å². The third-order valence-electron chi connectivity index (χ3n) is 2.63. The molecule has 0 spiro atoms. The van der Waals surface area contributed by atoms with Gasteiger partial charge >= 0.3 is 5.97 Å². The number of carbonyl (C=O) groups excluding carboxylic acids is 2. The number of benzene rings is 1. The van der Waals surface area contributed by atoms with E-state index in [2.05, 4.69) is 10.1 Å². The molecule has 20 heavy (non-hydrogen) atoms. The van der Waals surface area contributed by atoms with Gasteiger partial charge in [-0.1, -0.05) is 6.07 Å². The highest BCUT2D eigenvalue weighted by molar-refractivity contribution is 5.84. The summed E-state index contributed by atoms with van der Waals surface area (Å²) in [6.45, 7) is -0.580. The van der Waals surface area contributed by atoms with Crippen molar-refractivity contribution in [1.82, 2.24) is 5.32 Å². The van der Waals surface area contributed by atoms with Crippen LogP contribution in [0.3, 0.4) is 0 Å². The number of carbonyl (C=O) groups is 2. The molecule has 1 aromatic rings. The average Bonchev–Trinajstić information content (AvgIpc) is 2.45. The van der Waals surface area contributed by atoms with E-state index in [4.69, 9.17) is 5.11 Å². The van der Waals surface area contributed by atoms with Crippen LogP contribution in [0.1, 0.15) is 12.0 Å². The van der Waals surface area contributed by atoms with E-state index in [9.17, 15) is 18.4 Å². The second-order valence-electron chi connectivity index (χ2n) is 4.07. The van der Waals surface area contributed by atoms with Gasteiger partial charge in [-0.25, -0.2) is 13.6 Å². The summed E-state index contributed by atoms with van der Waals surface area (Å²) < 4.78 is 30.1. The van der Waals surface area contributed by atoms with E-state index in [1.54, 1.807) is 0 Å². The van der Waals surface area contributed by atoms with Crippen LogP contribution in [0, 0.1) is 11.6 Å². The van der Waals surface area contributed by atoms with E-state index in [1.165, 1.54) is 6.07 Å². The predicted molar refractivity (Wildman–Crippen MR) is 65.7 cm³/mol. The molecule has 0 aliphatic rings. The lowest BCUT2D eigenvalue weighted by molar-refractivity contribution is -0.146. The number of nitrogens with one attached hydrogen (secondary N) is 1. The SMILES string of the molecule is COC(=O)C(CO)NC(=O)CCc1ccc(F)c(F)c1. The Hall–Kier alpha value is -2.02. The van der Waals surface area contributed by atoms with Crippen molar-refractivity contribution in [3.8, 4) is 0 Å². The molecule has 0 saturated heterocycles. The molecular weight excluding hydrogens is 272 g/mol. The van der Waals surface area contributed by atoms with Gasteiger partial charge in [0.25, 0.3) is 0 Å². The molecule has 5 nitrogen and oxygen atoms in total. The van der Waals surface area contributed by atoms with Gasteiger partial charge in [0.15, 0.2) is 17.7 Å². The number of methoxy groups -OCH3 is 1. The molecule has 0 heterocycles. The van der Waals surface area contributed by atoms with Crippen molar-refractivity contribution in [3.05, 3.63) is 35.4 Å². The largest absolute Gasteiger partial charge is 0.467 e. The number of halogens is 2. The Balaban J connectivity index is 2.50. The first kappa shape index (κ1) is 16.0. The number of amides is 1. The maximum atomic E-state index is 13.0. The second-order valence-corrected chi connectivity index (χ2v) is 4.07. The van der Waals surface area contributed by atoms with E-state index in [0.717, 1.165) is 19.2 Å². The number of esters is 1. The number of aliphatic hydroxyl groups excluding tert-OH is 1. The molecule has 0 bridgehead atoms. The minimum absolute atomic E-state index is 0.0292. The highest BCUT2D eigenvalue weighted by Gasteiger charge is 2.20. The molecule has 1 aromatic carbocycles. The topological polar surface area (TPSA) is 75.6 Å². The third kappa shape index (κ3) is 4.58.